The van der Waals surface area contributed by atoms with Crippen LogP contribution >= 0.6 is 34.4 Å². The zero-order chi connectivity index (χ0) is 23.1. The van der Waals surface area contributed by atoms with Crippen LogP contribution in [0, 0.1) is 5.92 Å². The third-order valence-electron chi connectivity index (χ3n) is 5.07. The number of thiazole rings is 1. The maximum atomic E-state index is 12.9. The number of hydrogen-bond donors (Lipinski definition) is 1. The first-order valence-electron chi connectivity index (χ1n) is 9.84. The van der Waals surface area contributed by atoms with Crippen LogP contribution in [0.25, 0.3) is 10.2 Å². The summed E-state index contributed by atoms with van der Waals surface area (Å²) in [6, 6.07) is 10.9. The highest BCUT2D eigenvalue weighted by Gasteiger charge is 2.49. The predicted molar refractivity (Wildman–Crippen MR) is 132 cm³/mol. The van der Waals surface area contributed by atoms with Gasteiger partial charge in [0.05, 0.1) is 34.9 Å². The fraction of sp³-hybridized carbons (Fsp3) is 0.190. The number of anilines is 1. The van der Waals surface area contributed by atoms with Gasteiger partial charge in [0.1, 0.15) is 5.04 Å². The number of fused-ring (bicyclic) bond motifs is 2. The standard InChI is InChI=1S/C21H16N6O3S3/c1-26-17-15(19(29)27(2)21(26)30)18(25-16(24-17)13-8-5-9-31-13)32-10-14(28)23-20-22-11-6-3-4-7-12(11)33-20/h3-9,15H,10H2,1-2H3/p+1. The van der Waals surface area contributed by atoms with Crippen molar-refractivity contribution < 1.29 is 19.0 Å². The van der Waals surface area contributed by atoms with Crippen LogP contribution in [0.5, 0.6) is 0 Å². The zero-order valence-electron chi connectivity index (χ0n) is 17.5. The van der Waals surface area contributed by atoms with Gasteiger partial charge in [-0.1, -0.05) is 46.3 Å². The molecule has 2 aliphatic heterocycles. The first kappa shape index (κ1) is 21.6. The van der Waals surface area contributed by atoms with Crippen LogP contribution in [-0.2, 0) is 9.59 Å². The summed E-state index contributed by atoms with van der Waals surface area (Å²) in [5.41, 5.74) is 0.821. The Labute approximate surface area is 200 Å². The summed E-state index contributed by atoms with van der Waals surface area (Å²) in [6.45, 7) is 0. The van der Waals surface area contributed by atoms with Crippen LogP contribution in [0.4, 0.5) is 9.93 Å². The maximum absolute atomic E-state index is 12.9. The molecule has 0 spiro atoms. The van der Waals surface area contributed by atoms with E-state index in [4.69, 9.17) is 0 Å². The molecule has 9 nitrogen and oxygen atoms in total. The number of nitrogens with zero attached hydrogens (tertiary/aromatic N) is 5. The fourth-order valence-corrected chi connectivity index (χ4v) is 5.84. The number of para-hydroxylation sites is 1. The third kappa shape index (κ3) is 4.01. The van der Waals surface area contributed by atoms with E-state index in [1.807, 2.05) is 41.8 Å². The number of thioether (sulfide) groups is 1. The van der Waals surface area contributed by atoms with Gasteiger partial charge in [-0.2, -0.15) is 9.48 Å². The number of carbonyl (C=O) groups is 3. The van der Waals surface area contributed by atoms with Crippen molar-refractivity contribution in [1.82, 2.24) is 9.88 Å². The Morgan fingerprint density at radius 3 is 2.79 bits per heavy atom. The molecule has 5 rings (SSSR count). The lowest BCUT2D eigenvalue weighted by Crippen LogP contribution is -2.54. The lowest BCUT2D eigenvalue weighted by molar-refractivity contribution is -0.407. The molecule has 0 saturated heterocycles. The minimum absolute atomic E-state index is 0.0327. The predicted octanol–water partition coefficient (Wildman–Crippen LogP) is 3.14. The molecule has 3 aromatic rings. The number of rotatable bonds is 4. The number of aromatic nitrogens is 1. The van der Waals surface area contributed by atoms with Crippen molar-refractivity contribution in [3.8, 4) is 0 Å². The molecule has 1 N–H and O–H groups in total. The van der Waals surface area contributed by atoms with Crippen LogP contribution in [0.2, 0.25) is 0 Å². The van der Waals surface area contributed by atoms with Crippen LogP contribution in [0.1, 0.15) is 4.88 Å². The molecule has 0 bridgehead atoms. The molecule has 0 fully saturated rings. The summed E-state index contributed by atoms with van der Waals surface area (Å²) in [5, 5.41) is 5.66. The topological polar surface area (TPSA) is 107 Å². The average molecular weight is 498 g/mol. The Bertz CT molecular complexity index is 1360. The van der Waals surface area contributed by atoms with Gasteiger partial charge in [0, 0.05) is 0 Å². The highest BCUT2D eigenvalue weighted by Crippen LogP contribution is 2.28. The van der Waals surface area contributed by atoms with Gasteiger partial charge in [-0.05, 0) is 23.6 Å². The van der Waals surface area contributed by atoms with Crippen molar-refractivity contribution in [2.45, 2.75) is 0 Å². The molecule has 166 valence electrons. The minimum Gasteiger partial charge on any atom is -0.301 e. The van der Waals surface area contributed by atoms with Gasteiger partial charge in [-0.3, -0.25) is 9.59 Å². The Balaban J connectivity index is 1.40. The minimum atomic E-state index is -0.832. The van der Waals surface area contributed by atoms with Gasteiger partial charge in [-0.15, -0.1) is 11.3 Å². The number of hydrogen-bond acceptors (Lipinski definition) is 9. The average Bonchev–Trinajstić information content (AvgIpc) is 3.49. The number of imide groups is 1. The largest absolute Gasteiger partial charge is 0.445 e. The van der Waals surface area contributed by atoms with Crippen molar-refractivity contribution in [3.63, 3.8) is 0 Å². The molecule has 33 heavy (non-hydrogen) atoms. The van der Waals surface area contributed by atoms with Gasteiger partial charge < -0.3 is 5.32 Å². The van der Waals surface area contributed by atoms with Gasteiger partial charge >= 0.3 is 11.9 Å². The van der Waals surface area contributed by atoms with E-state index >= 15 is 0 Å². The first-order valence-corrected chi connectivity index (χ1v) is 12.5. The molecule has 0 radical (unpaired) electrons. The summed E-state index contributed by atoms with van der Waals surface area (Å²) >= 11 is 4.01. The summed E-state index contributed by atoms with van der Waals surface area (Å²) < 4.78 is 2.34. The van der Waals surface area contributed by atoms with Crippen molar-refractivity contribution in [1.29, 1.82) is 0 Å². The number of nitrogens with one attached hydrogen (secondary N) is 1. The van der Waals surface area contributed by atoms with Crippen LogP contribution in [-0.4, -0.2) is 68.9 Å². The van der Waals surface area contributed by atoms with Crippen molar-refractivity contribution >= 4 is 84.3 Å². The van der Waals surface area contributed by atoms with E-state index in [0.29, 0.717) is 21.8 Å². The van der Waals surface area contributed by atoms with Crippen LogP contribution in [0.15, 0.2) is 51.8 Å². The second kappa shape index (κ2) is 8.61. The number of thiophene rings is 1. The highest BCUT2D eigenvalue weighted by molar-refractivity contribution is 8.14. The molecule has 4 amide bonds. The first-order chi connectivity index (χ1) is 15.9. The van der Waals surface area contributed by atoms with E-state index in [-0.39, 0.29) is 11.7 Å². The molecule has 4 heterocycles. The Hall–Kier alpha value is -3.22. The molecule has 2 aliphatic rings. The quantitative estimate of drug-likeness (QED) is 0.558. The Morgan fingerprint density at radius 1 is 1.21 bits per heavy atom. The van der Waals surface area contributed by atoms with Crippen LogP contribution in [0.3, 0.4) is 0 Å². The number of carbonyl (C=O) groups excluding carboxylic acids is 3. The molecule has 12 heteroatoms. The summed E-state index contributed by atoms with van der Waals surface area (Å²) in [4.78, 5) is 53.5. The van der Waals surface area contributed by atoms with Gasteiger partial charge in [0.2, 0.25) is 11.7 Å². The monoisotopic (exact) mass is 497 g/mol. The molecule has 1 aromatic carbocycles. The van der Waals surface area contributed by atoms with Gasteiger partial charge in [-0.25, -0.2) is 14.8 Å². The lowest BCUT2D eigenvalue weighted by atomic mass is 10.0. The van der Waals surface area contributed by atoms with E-state index in [1.165, 1.54) is 34.3 Å². The van der Waals surface area contributed by atoms with E-state index in [0.717, 1.165) is 31.8 Å². The lowest BCUT2D eigenvalue weighted by Gasteiger charge is -2.26. The smallest absolute Gasteiger partial charge is 0.301 e. The van der Waals surface area contributed by atoms with Gasteiger partial charge in [0.15, 0.2) is 11.0 Å². The third-order valence-corrected chi connectivity index (χ3v) is 7.92. The van der Waals surface area contributed by atoms with Crippen LogP contribution < -0.4 is 5.32 Å². The number of amides is 4. The summed E-state index contributed by atoms with van der Waals surface area (Å²) in [6.07, 6.45) is 0. The van der Waals surface area contributed by atoms with E-state index in [2.05, 4.69) is 20.3 Å². The highest BCUT2D eigenvalue weighted by atomic mass is 32.2. The maximum Gasteiger partial charge on any atom is 0.445 e. The van der Waals surface area contributed by atoms with Crippen molar-refractivity contribution in [3.05, 3.63) is 46.7 Å². The number of amidine groups is 2. The molecule has 2 aromatic heterocycles. The number of benzene rings is 1. The normalized spacial score (nSPS) is 18.4. The van der Waals surface area contributed by atoms with E-state index in [1.54, 1.807) is 7.05 Å². The van der Waals surface area contributed by atoms with Gasteiger partial charge in [0.25, 0.3) is 5.84 Å². The molecular formula is C21H17N6O3S3+. The second-order valence-corrected chi connectivity index (χ2v) is 10.2. The zero-order valence-corrected chi connectivity index (χ0v) is 20.0. The molecule has 1 atom stereocenters. The molecular weight excluding hydrogens is 480 g/mol. The Kier molecular flexibility index (Phi) is 5.64. The number of urea groups is 1. The summed E-state index contributed by atoms with van der Waals surface area (Å²) in [7, 11) is 3.01. The second-order valence-electron chi connectivity index (χ2n) is 7.22. The molecule has 0 aliphatic carbocycles. The van der Waals surface area contributed by atoms with Crippen molar-refractivity contribution in [2.24, 2.45) is 15.9 Å². The fourth-order valence-electron chi connectivity index (χ4n) is 3.43. The molecule has 1 unspecified atom stereocenters. The SMILES string of the molecule is CN1C(=O)C2C(SCC(=O)Nc3nc4ccccc4s3)=NC(c3cccs3)=NC2=[N+](C)C1=O. The van der Waals surface area contributed by atoms with E-state index < -0.39 is 17.9 Å². The van der Waals surface area contributed by atoms with Crippen molar-refractivity contribution in [2.75, 3.05) is 25.2 Å². The number of aliphatic imine (C=N–C) groups is 2. The van der Waals surface area contributed by atoms with E-state index in [9.17, 15) is 14.4 Å². The Morgan fingerprint density at radius 2 is 2.03 bits per heavy atom. The summed E-state index contributed by atoms with van der Waals surface area (Å²) in [5.74, 6) is -0.741. The molecule has 0 saturated carbocycles.